The molecule has 0 atom stereocenters. The molecule has 0 saturated carbocycles. The summed E-state index contributed by atoms with van der Waals surface area (Å²) in [7, 11) is 2.55. The van der Waals surface area contributed by atoms with Crippen LogP contribution in [0.15, 0.2) is 12.1 Å². The van der Waals surface area contributed by atoms with E-state index in [1.807, 2.05) is 0 Å². The molecule has 0 aliphatic carbocycles. The summed E-state index contributed by atoms with van der Waals surface area (Å²) in [6, 6.07) is 1.78. The normalized spacial score (nSPS) is 11.3. The van der Waals surface area contributed by atoms with Gasteiger partial charge in [-0.15, -0.1) is 0 Å². The Hall–Kier alpha value is -1.46. The minimum absolute atomic E-state index is 0.0481. The van der Waals surface area contributed by atoms with Gasteiger partial charge in [-0.3, -0.25) is 0 Å². The van der Waals surface area contributed by atoms with E-state index in [1.54, 1.807) is 0 Å². The molecule has 1 aromatic rings. The Morgan fingerprint density at radius 3 is 2.27 bits per heavy atom. The van der Waals surface area contributed by atoms with E-state index in [0.29, 0.717) is 6.07 Å². The number of rotatable bonds is 2. The fourth-order valence-electron chi connectivity index (χ4n) is 1.10. The summed E-state index contributed by atoms with van der Waals surface area (Å²) >= 11 is 0. The fourth-order valence-corrected chi connectivity index (χ4v) is 1.10. The number of anilines is 1. The minimum atomic E-state index is -4.73. The van der Waals surface area contributed by atoms with E-state index in [4.69, 9.17) is 0 Å². The lowest BCUT2D eigenvalue weighted by Crippen LogP contribution is -2.10. The van der Waals surface area contributed by atoms with Crippen molar-refractivity contribution in [2.24, 2.45) is 0 Å². The maximum atomic E-state index is 13.2. The van der Waals surface area contributed by atoms with Crippen molar-refractivity contribution in [1.29, 1.82) is 0 Å². The molecule has 6 heteroatoms. The van der Waals surface area contributed by atoms with Crippen LogP contribution >= 0.6 is 0 Å². The maximum Gasteiger partial charge on any atom is 0.419 e. The van der Waals surface area contributed by atoms with Gasteiger partial charge in [-0.25, -0.2) is 4.39 Å². The second kappa shape index (κ2) is 3.96. The van der Waals surface area contributed by atoms with Crippen molar-refractivity contribution in [2.75, 3.05) is 19.5 Å². The minimum Gasteiger partial charge on any atom is -0.497 e. The number of hydrogen-bond donors (Lipinski definition) is 1. The van der Waals surface area contributed by atoms with Crippen molar-refractivity contribution in [1.82, 2.24) is 0 Å². The lowest BCUT2D eigenvalue weighted by atomic mass is 10.1. The first-order chi connectivity index (χ1) is 6.90. The van der Waals surface area contributed by atoms with Gasteiger partial charge in [0.1, 0.15) is 5.75 Å². The molecule has 1 aromatic carbocycles. The van der Waals surface area contributed by atoms with Crippen LogP contribution in [0.25, 0.3) is 0 Å². The summed E-state index contributed by atoms with van der Waals surface area (Å²) < 4.78 is 55.0. The van der Waals surface area contributed by atoms with E-state index >= 15 is 0 Å². The number of alkyl halides is 3. The molecule has 0 fully saturated rings. The average molecular weight is 223 g/mol. The molecule has 2 nitrogen and oxygen atoms in total. The zero-order valence-electron chi connectivity index (χ0n) is 8.07. The van der Waals surface area contributed by atoms with Gasteiger partial charge in [-0.05, 0) is 6.07 Å². The second-order valence-electron chi connectivity index (χ2n) is 2.78. The largest absolute Gasteiger partial charge is 0.497 e. The van der Waals surface area contributed by atoms with Crippen LogP contribution in [-0.4, -0.2) is 14.2 Å². The van der Waals surface area contributed by atoms with Crippen molar-refractivity contribution in [3.05, 3.63) is 23.5 Å². The maximum absolute atomic E-state index is 13.2. The monoisotopic (exact) mass is 223 g/mol. The van der Waals surface area contributed by atoms with E-state index < -0.39 is 17.6 Å². The first-order valence-corrected chi connectivity index (χ1v) is 4.02. The molecule has 0 aromatic heterocycles. The van der Waals surface area contributed by atoms with Crippen molar-refractivity contribution in [3.8, 4) is 5.75 Å². The van der Waals surface area contributed by atoms with Crippen LogP contribution in [0.1, 0.15) is 5.56 Å². The van der Waals surface area contributed by atoms with Crippen LogP contribution in [0.2, 0.25) is 0 Å². The van der Waals surface area contributed by atoms with Crippen molar-refractivity contribution >= 4 is 5.69 Å². The fraction of sp³-hybridized carbons (Fsp3) is 0.333. The third-order valence-corrected chi connectivity index (χ3v) is 1.86. The van der Waals surface area contributed by atoms with Gasteiger partial charge in [0.15, 0.2) is 5.82 Å². The average Bonchev–Trinajstić information content (AvgIpc) is 2.16. The third kappa shape index (κ3) is 2.31. The molecule has 1 rings (SSSR count). The summed E-state index contributed by atoms with van der Waals surface area (Å²) in [6.45, 7) is 0. The molecule has 84 valence electrons. The van der Waals surface area contributed by atoms with Gasteiger partial charge in [-0.1, -0.05) is 0 Å². The van der Waals surface area contributed by atoms with Crippen LogP contribution in [0.5, 0.6) is 5.75 Å². The van der Waals surface area contributed by atoms with Crippen molar-refractivity contribution in [3.63, 3.8) is 0 Å². The molecular weight excluding hydrogens is 214 g/mol. The van der Waals surface area contributed by atoms with E-state index in [-0.39, 0.29) is 11.4 Å². The lowest BCUT2D eigenvalue weighted by molar-refractivity contribution is -0.140. The van der Waals surface area contributed by atoms with Gasteiger partial charge in [0, 0.05) is 13.1 Å². The Morgan fingerprint density at radius 1 is 1.27 bits per heavy atom. The molecule has 0 unspecified atom stereocenters. The highest BCUT2D eigenvalue weighted by molar-refractivity contribution is 5.53. The molecule has 0 spiro atoms. The highest BCUT2D eigenvalue weighted by Crippen LogP contribution is 2.36. The molecule has 0 radical (unpaired) electrons. The van der Waals surface area contributed by atoms with Crippen LogP contribution in [0, 0.1) is 5.82 Å². The summed E-state index contributed by atoms with van der Waals surface area (Å²) in [4.78, 5) is 0. The molecule has 0 bridgehead atoms. The highest BCUT2D eigenvalue weighted by Gasteiger charge is 2.35. The molecule has 1 N–H and O–H groups in total. The number of halogens is 4. The van der Waals surface area contributed by atoms with Gasteiger partial charge >= 0.3 is 6.18 Å². The van der Waals surface area contributed by atoms with Gasteiger partial charge in [0.05, 0.1) is 18.4 Å². The lowest BCUT2D eigenvalue weighted by Gasteiger charge is -2.13. The van der Waals surface area contributed by atoms with Gasteiger partial charge in [0.25, 0.3) is 0 Å². The quantitative estimate of drug-likeness (QED) is 0.778. The summed E-state index contributed by atoms with van der Waals surface area (Å²) in [5.74, 6) is -1.38. The zero-order valence-corrected chi connectivity index (χ0v) is 8.07. The SMILES string of the molecule is CNc1cc(OC)cc(C(F)(F)F)c1F. The second-order valence-corrected chi connectivity index (χ2v) is 2.78. The first kappa shape index (κ1) is 11.6. The number of hydrogen-bond acceptors (Lipinski definition) is 2. The van der Waals surface area contributed by atoms with Crippen LogP contribution < -0.4 is 10.1 Å². The Labute approximate surface area is 83.9 Å². The third-order valence-electron chi connectivity index (χ3n) is 1.86. The van der Waals surface area contributed by atoms with Crippen molar-refractivity contribution < 1.29 is 22.3 Å². The van der Waals surface area contributed by atoms with Gasteiger partial charge in [-0.2, -0.15) is 13.2 Å². The molecular formula is C9H9F4NO. The molecule has 0 amide bonds. The van der Waals surface area contributed by atoms with Gasteiger partial charge in [0.2, 0.25) is 0 Å². The number of nitrogens with one attached hydrogen (secondary N) is 1. The van der Waals surface area contributed by atoms with E-state index in [2.05, 4.69) is 10.1 Å². The number of benzene rings is 1. The standard InChI is InChI=1S/C9H9F4NO/c1-14-7-4-5(15-2)3-6(8(7)10)9(11,12)13/h3-4,14H,1-2H3. The molecule has 0 heterocycles. The van der Waals surface area contributed by atoms with E-state index in [1.165, 1.54) is 14.2 Å². The van der Waals surface area contributed by atoms with Crippen molar-refractivity contribution in [2.45, 2.75) is 6.18 Å². The topological polar surface area (TPSA) is 21.3 Å². The van der Waals surface area contributed by atoms with Gasteiger partial charge < -0.3 is 10.1 Å². The predicted octanol–water partition coefficient (Wildman–Crippen LogP) is 2.89. The smallest absolute Gasteiger partial charge is 0.419 e. The van der Waals surface area contributed by atoms with Crippen LogP contribution in [-0.2, 0) is 6.18 Å². The first-order valence-electron chi connectivity index (χ1n) is 4.02. The van der Waals surface area contributed by atoms with Crippen LogP contribution in [0.4, 0.5) is 23.2 Å². The Balaban J connectivity index is 3.37. The number of ether oxygens (including phenoxy) is 1. The molecule has 0 aliphatic heterocycles. The molecule has 0 saturated heterocycles. The van der Waals surface area contributed by atoms with E-state index in [0.717, 1.165) is 6.07 Å². The molecule has 15 heavy (non-hydrogen) atoms. The Kier molecular flexibility index (Phi) is 3.06. The zero-order chi connectivity index (χ0) is 11.6. The Bertz CT molecular complexity index is 362. The summed E-state index contributed by atoms with van der Waals surface area (Å²) in [6.07, 6.45) is -4.73. The van der Waals surface area contributed by atoms with Crippen LogP contribution in [0.3, 0.4) is 0 Å². The Morgan fingerprint density at radius 2 is 1.87 bits per heavy atom. The summed E-state index contributed by atoms with van der Waals surface area (Å²) in [5.41, 5.74) is -1.59. The molecule has 0 aliphatic rings. The number of methoxy groups -OCH3 is 1. The summed E-state index contributed by atoms with van der Waals surface area (Å²) in [5, 5.41) is 2.33. The highest BCUT2D eigenvalue weighted by atomic mass is 19.4. The van der Waals surface area contributed by atoms with E-state index in [9.17, 15) is 17.6 Å². The predicted molar refractivity (Wildman–Crippen MR) is 47.5 cm³/mol.